The zero-order valence-electron chi connectivity index (χ0n) is 14.2. The fraction of sp³-hybridized carbons (Fsp3) is 0.263. The predicted octanol–water partition coefficient (Wildman–Crippen LogP) is 4.13. The molecule has 0 unspecified atom stereocenters. The lowest BCUT2D eigenvalue weighted by molar-refractivity contribution is 0.0846. The molecule has 0 heterocycles. The Bertz CT molecular complexity index is 762. The number of hydrogen-bond acceptors (Lipinski definition) is 2. The zero-order chi connectivity index (χ0) is 17.9. The van der Waals surface area contributed by atoms with Gasteiger partial charge in [-0.25, -0.2) is 0 Å². The van der Waals surface area contributed by atoms with E-state index in [0.29, 0.717) is 11.1 Å². The second kappa shape index (κ2) is 7.18. The summed E-state index contributed by atoms with van der Waals surface area (Å²) in [5.41, 5.74) is 8.04. The number of nitrogens with one attached hydrogen (secondary N) is 2. The SMILES string of the molecule is Cc1ccc(C(=O)NNC(=O)c2ccc(C(C)(C)C)cc2)cc1Br. The topological polar surface area (TPSA) is 58.2 Å². The molecule has 0 bridgehead atoms. The first-order chi connectivity index (χ1) is 11.2. The minimum absolute atomic E-state index is 0.0298. The Labute approximate surface area is 150 Å². The van der Waals surface area contributed by atoms with Gasteiger partial charge in [0.05, 0.1) is 0 Å². The highest BCUT2D eigenvalue weighted by atomic mass is 79.9. The molecule has 2 N–H and O–H groups in total. The minimum atomic E-state index is -0.365. The van der Waals surface area contributed by atoms with E-state index in [1.54, 1.807) is 24.3 Å². The smallest absolute Gasteiger partial charge is 0.267 e. The van der Waals surface area contributed by atoms with Crippen LogP contribution < -0.4 is 10.9 Å². The van der Waals surface area contributed by atoms with E-state index in [0.717, 1.165) is 15.6 Å². The molecule has 0 atom stereocenters. The van der Waals surface area contributed by atoms with Crippen LogP contribution in [0.25, 0.3) is 0 Å². The van der Waals surface area contributed by atoms with Crippen molar-refractivity contribution >= 4 is 27.7 Å². The van der Waals surface area contributed by atoms with Crippen molar-refractivity contribution in [2.24, 2.45) is 0 Å². The molecule has 0 aliphatic rings. The van der Waals surface area contributed by atoms with Gasteiger partial charge in [-0.05, 0) is 47.7 Å². The maximum absolute atomic E-state index is 12.1. The van der Waals surface area contributed by atoms with Crippen LogP contribution in [0.3, 0.4) is 0 Å². The third kappa shape index (κ3) is 4.45. The summed E-state index contributed by atoms with van der Waals surface area (Å²) in [6.07, 6.45) is 0. The molecular weight excluding hydrogens is 368 g/mol. The minimum Gasteiger partial charge on any atom is -0.267 e. The van der Waals surface area contributed by atoms with Crippen LogP contribution in [0.4, 0.5) is 0 Å². The van der Waals surface area contributed by atoms with Crippen LogP contribution in [-0.4, -0.2) is 11.8 Å². The van der Waals surface area contributed by atoms with E-state index in [2.05, 4.69) is 47.6 Å². The van der Waals surface area contributed by atoms with Crippen molar-refractivity contribution in [3.63, 3.8) is 0 Å². The second-order valence-corrected chi connectivity index (χ2v) is 7.55. The van der Waals surface area contributed by atoms with Crippen molar-refractivity contribution in [1.29, 1.82) is 0 Å². The van der Waals surface area contributed by atoms with Crippen LogP contribution in [0.2, 0.25) is 0 Å². The van der Waals surface area contributed by atoms with Gasteiger partial charge < -0.3 is 0 Å². The van der Waals surface area contributed by atoms with Crippen LogP contribution in [0.1, 0.15) is 52.6 Å². The summed E-state index contributed by atoms with van der Waals surface area (Å²) in [5, 5.41) is 0. The summed E-state index contributed by atoms with van der Waals surface area (Å²) in [4.78, 5) is 24.2. The van der Waals surface area contributed by atoms with Crippen molar-refractivity contribution in [2.75, 3.05) is 0 Å². The molecular formula is C19H21BrN2O2. The first-order valence-corrected chi connectivity index (χ1v) is 8.45. The van der Waals surface area contributed by atoms with Crippen molar-refractivity contribution in [1.82, 2.24) is 10.9 Å². The van der Waals surface area contributed by atoms with E-state index in [-0.39, 0.29) is 17.2 Å². The van der Waals surface area contributed by atoms with Crippen LogP contribution in [0.5, 0.6) is 0 Å². The molecule has 24 heavy (non-hydrogen) atoms. The molecule has 0 spiro atoms. The maximum atomic E-state index is 12.1. The molecule has 4 nitrogen and oxygen atoms in total. The Kier molecular flexibility index (Phi) is 5.44. The molecule has 0 aromatic heterocycles. The van der Waals surface area contributed by atoms with Crippen molar-refractivity contribution in [2.45, 2.75) is 33.1 Å². The van der Waals surface area contributed by atoms with E-state index in [9.17, 15) is 9.59 Å². The fourth-order valence-electron chi connectivity index (χ4n) is 2.11. The zero-order valence-corrected chi connectivity index (χ0v) is 15.8. The average molecular weight is 389 g/mol. The molecule has 0 fully saturated rings. The Hall–Kier alpha value is -2.14. The van der Waals surface area contributed by atoms with Crippen molar-refractivity contribution < 1.29 is 9.59 Å². The van der Waals surface area contributed by atoms with Gasteiger partial charge in [-0.15, -0.1) is 0 Å². The van der Waals surface area contributed by atoms with E-state index >= 15 is 0 Å². The highest BCUT2D eigenvalue weighted by molar-refractivity contribution is 9.10. The fourth-order valence-corrected chi connectivity index (χ4v) is 2.49. The summed E-state index contributed by atoms with van der Waals surface area (Å²) in [5.74, 6) is -0.717. The molecule has 126 valence electrons. The standard InChI is InChI=1S/C19H21BrN2O2/c1-12-5-6-14(11-16(12)20)18(24)22-21-17(23)13-7-9-15(10-8-13)19(2,3)4/h5-11H,1-4H3,(H,21,23)(H,22,24). The van der Waals surface area contributed by atoms with Gasteiger partial charge in [-0.3, -0.25) is 20.4 Å². The lowest BCUT2D eigenvalue weighted by Crippen LogP contribution is -2.41. The molecule has 2 aromatic rings. The van der Waals surface area contributed by atoms with Gasteiger partial charge in [0.25, 0.3) is 11.8 Å². The molecule has 0 radical (unpaired) electrons. The van der Waals surface area contributed by atoms with Crippen LogP contribution in [-0.2, 0) is 5.41 Å². The van der Waals surface area contributed by atoms with Gasteiger partial charge in [0, 0.05) is 15.6 Å². The summed E-state index contributed by atoms with van der Waals surface area (Å²) in [6.45, 7) is 8.28. The molecule has 0 saturated heterocycles. The Morgan fingerprint density at radius 1 is 0.875 bits per heavy atom. The molecule has 2 aromatic carbocycles. The molecule has 5 heteroatoms. The average Bonchev–Trinajstić information content (AvgIpc) is 2.54. The third-order valence-electron chi connectivity index (χ3n) is 3.74. The number of benzene rings is 2. The molecule has 2 rings (SSSR count). The summed E-state index contributed by atoms with van der Waals surface area (Å²) < 4.78 is 0.847. The van der Waals surface area contributed by atoms with Crippen LogP contribution >= 0.6 is 15.9 Å². The monoisotopic (exact) mass is 388 g/mol. The largest absolute Gasteiger partial charge is 0.269 e. The van der Waals surface area contributed by atoms with Gasteiger partial charge in [0.2, 0.25) is 0 Å². The highest BCUT2D eigenvalue weighted by Crippen LogP contribution is 2.22. The Balaban J connectivity index is 1.99. The third-order valence-corrected chi connectivity index (χ3v) is 4.59. The molecule has 0 saturated carbocycles. The van der Waals surface area contributed by atoms with Crippen molar-refractivity contribution in [3.8, 4) is 0 Å². The number of hydrazine groups is 1. The van der Waals surface area contributed by atoms with Gasteiger partial charge >= 0.3 is 0 Å². The number of carbonyl (C=O) groups is 2. The summed E-state index contributed by atoms with van der Waals surface area (Å²) in [7, 11) is 0. The summed E-state index contributed by atoms with van der Waals surface area (Å²) in [6, 6.07) is 12.6. The number of carbonyl (C=O) groups excluding carboxylic acids is 2. The van der Waals surface area contributed by atoms with E-state index in [1.807, 2.05) is 25.1 Å². The maximum Gasteiger partial charge on any atom is 0.269 e. The normalized spacial score (nSPS) is 11.0. The number of aryl methyl sites for hydroxylation is 1. The van der Waals surface area contributed by atoms with Crippen LogP contribution in [0.15, 0.2) is 46.9 Å². The van der Waals surface area contributed by atoms with E-state index in [1.165, 1.54) is 0 Å². The van der Waals surface area contributed by atoms with Crippen LogP contribution in [0, 0.1) is 6.92 Å². The van der Waals surface area contributed by atoms with Gasteiger partial charge in [-0.1, -0.05) is 54.9 Å². The molecule has 0 aliphatic carbocycles. The Morgan fingerprint density at radius 3 is 1.88 bits per heavy atom. The second-order valence-electron chi connectivity index (χ2n) is 6.70. The highest BCUT2D eigenvalue weighted by Gasteiger charge is 2.15. The Morgan fingerprint density at radius 2 is 1.38 bits per heavy atom. The molecule has 2 amide bonds. The number of rotatable bonds is 2. The predicted molar refractivity (Wildman–Crippen MR) is 99.0 cm³/mol. The lowest BCUT2D eigenvalue weighted by Gasteiger charge is -2.19. The molecule has 0 aliphatic heterocycles. The van der Waals surface area contributed by atoms with E-state index in [4.69, 9.17) is 0 Å². The quantitative estimate of drug-likeness (QED) is 0.759. The van der Waals surface area contributed by atoms with Gasteiger partial charge in [-0.2, -0.15) is 0 Å². The number of hydrogen-bond donors (Lipinski definition) is 2. The number of halogens is 1. The lowest BCUT2D eigenvalue weighted by atomic mass is 9.87. The van der Waals surface area contributed by atoms with E-state index < -0.39 is 0 Å². The number of amides is 2. The van der Waals surface area contributed by atoms with Gasteiger partial charge in [0.15, 0.2) is 0 Å². The summed E-state index contributed by atoms with van der Waals surface area (Å²) >= 11 is 3.39. The van der Waals surface area contributed by atoms with Crippen molar-refractivity contribution in [3.05, 3.63) is 69.2 Å². The first-order valence-electron chi connectivity index (χ1n) is 7.66. The van der Waals surface area contributed by atoms with Gasteiger partial charge in [0.1, 0.15) is 0 Å². The first kappa shape index (κ1) is 18.2.